The molecule has 2 aliphatic heterocycles. The molecule has 2 aliphatic rings. The van der Waals surface area contributed by atoms with E-state index in [0.717, 1.165) is 37.7 Å². The van der Waals surface area contributed by atoms with Crippen LogP contribution in [0.25, 0.3) is 6.08 Å². The minimum Gasteiger partial charge on any atom is -0.370 e. The molecule has 6 nitrogen and oxygen atoms in total. The standard InChI is InChI=1S/C19H20F3N5O/c20-19(21,22)16-13(2-1-5-25-16)11-27-17-15(24-8-9-26-17)10-14(18(27)28)12-3-6-23-7-4-12/h1-2,5,8-10,12,18,23,28H,3-4,6-7,11H2. The van der Waals surface area contributed by atoms with Crippen LogP contribution in [-0.4, -0.2) is 39.4 Å². The molecule has 4 rings (SSSR count). The lowest BCUT2D eigenvalue weighted by Crippen LogP contribution is -2.43. The summed E-state index contributed by atoms with van der Waals surface area (Å²) in [4.78, 5) is 13.6. The van der Waals surface area contributed by atoms with Crippen molar-refractivity contribution >= 4 is 11.9 Å². The van der Waals surface area contributed by atoms with Crippen LogP contribution < -0.4 is 10.2 Å². The largest absolute Gasteiger partial charge is 0.433 e. The number of nitrogens with zero attached hydrogens (tertiary/aromatic N) is 4. The van der Waals surface area contributed by atoms with E-state index in [9.17, 15) is 18.3 Å². The Labute approximate surface area is 160 Å². The zero-order chi connectivity index (χ0) is 19.7. The molecule has 2 N–H and O–H groups in total. The molecule has 0 amide bonds. The molecule has 0 spiro atoms. The second kappa shape index (κ2) is 7.48. The average Bonchev–Trinajstić information content (AvgIpc) is 2.70. The highest BCUT2D eigenvalue weighted by molar-refractivity contribution is 5.68. The number of aromatic nitrogens is 3. The van der Waals surface area contributed by atoms with E-state index in [1.807, 2.05) is 6.08 Å². The van der Waals surface area contributed by atoms with Crippen LogP contribution in [0.3, 0.4) is 0 Å². The number of aliphatic hydroxyl groups is 1. The fourth-order valence-corrected chi connectivity index (χ4v) is 3.84. The quantitative estimate of drug-likeness (QED) is 0.838. The molecule has 1 fully saturated rings. The van der Waals surface area contributed by atoms with Gasteiger partial charge in [0.15, 0.2) is 12.0 Å². The third kappa shape index (κ3) is 3.59. The van der Waals surface area contributed by atoms with Crippen molar-refractivity contribution in [2.24, 2.45) is 5.92 Å². The second-order valence-corrected chi connectivity index (χ2v) is 6.94. The van der Waals surface area contributed by atoms with E-state index >= 15 is 0 Å². The fraction of sp³-hybridized carbons (Fsp3) is 0.421. The van der Waals surface area contributed by atoms with Crippen molar-refractivity contribution in [2.75, 3.05) is 18.0 Å². The first-order valence-electron chi connectivity index (χ1n) is 9.14. The SMILES string of the molecule is OC1C(C2CCNCC2)=Cc2nccnc2N1Cc1cccnc1C(F)(F)F. The third-order valence-corrected chi connectivity index (χ3v) is 5.19. The molecular weight excluding hydrogens is 371 g/mol. The lowest BCUT2D eigenvalue weighted by Gasteiger charge is -2.38. The van der Waals surface area contributed by atoms with Crippen molar-refractivity contribution in [3.05, 3.63) is 53.2 Å². The van der Waals surface area contributed by atoms with E-state index in [0.29, 0.717) is 11.5 Å². The smallest absolute Gasteiger partial charge is 0.370 e. The van der Waals surface area contributed by atoms with Crippen LogP contribution in [0.5, 0.6) is 0 Å². The summed E-state index contributed by atoms with van der Waals surface area (Å²) < 4.78 is 40.1. The summed E-state index contributed by atoms with van der Waals surface area (Å²) in [5, 5.41) is 14.3. The number of hydrogen-bond donors (Lipinski definition) is 2. The Morgan fingerprint density at radius 2 is 1.86 bits per heavy atom. The predicted molar refractivity (Wildman–Crippen MR) is 97.0 cm³/mol. The van der Waals surface area contributed by atoms with Crippen LogP contribution >= 0.6 is 0 Å². The van der Waals surface area contributed by atoms with Crippen LogP contribution in [-0.2, 0) is 12.7 Å². The van der Waals surface area contributed by atoms with E-state index in [-0.39, 0.29) is 18.0 Å². The molecule has 2 aromatic rings. The highest BCUT2D eigenvalue weighted by Crippen LogP contribution is 2.37. The molecule has 1 saturated heterocycles. The maximum absolute atomic E-state index is 13.4. The first-order valence-corrected chi connectivity index (χ1v) is 9.14. The van der Waals surface area contributed by atoms with E-state index in [2.05, 4.69) is 20.3 Å². The van der Waals surface area contributed by atoms with Crippen molar-refractivity contribution in [2.45, 2.75) is 31.8 Å². The van der Waals surface area contributed by atoms with Gasteiger partial charge in [-0.2, -0.15) is 13.2 Å². The number of hydrogen-bond acceptors (Lipinski definition) is 6. The van der Waals surface area contributed by atoms with Crippen LogP contribution in [0, 0.1) is 5.92 Å². The normalized spacial score (nSPS) is 20.6. The molecule has 4 heterocycles. The minimum atomic E-state index is -4.57. The summed E-state index contributed by atoms with van der Waals surface area (Å²) in [6.07, 6.45) is 2.02. The number of piperidine rings is 1. The lowest BCUT2D eigenvalue weighted by atomic mass is 9.86. The highest BCUT2D eigenvalue weighted by atomic mass is 19.4. The molecule has 148 valence electrons. The summed E-state index contributed by atoms with van der Waals surface area (Å²) >= 11 is 0. The van der Waals surface area contributed by atoms with Gasteiger partial charge >= 0.3 is 6.18 Å². The van der Waals surface area contributed by atoms with E-state index in [1.165, 1.54) is 29.4 Å². The van der Waals surface area contributed by atoms with Gasteiger partial charge in [0.05, 0.1) is 0 Å². The molecule has 9 heteroatoms. The Hall–Kier alpha value is -2.52. The number of rotatable bonds is 3. The summed E-state index contributed by atoms with van der Waals surface area (Å²) in [6, 6.07) is 2.84. The number of anilines is 1. The van der Waals surface area contributed by atoms with Crippen LogP contribution in [0.2, 0.25) is 0 Å². The van der Waals surface area contributed by atoms with Gasteiger partial charge in [0.2, 0.25) is 0 Å². The summed E-state index contributed by atoms with van der Waals surface area (Å²) in [5.41, 5.74) is 0.355. The summed E-state index contributed by atoms with van der Waals surface area (Å²) in [7, 11) is 0. The Morgan fingerprint density at radius 1 is 1.11 bits per heavy atom. The van der Waals surface area contributed by atoms with Gasteiger partial charge in [0.25, 0.3) is 0 Å². The number of fused-ring (bicyclic) bond motifs is 1. The highest BCUT2D eigenvalue weighted by Gasteiger charge is 2.38. The first kappa shape index (κ1) is 18.8. The van der Waals surface area contributed by atoms with Crippen molar-refractivity contribution < 1.29 is 18.3 Å². The second-order valence-electron chi connectivity index (χ2n) is 6.94. The minimum absolute atomic E-state index is 0.0165. The number of alkyl halides is 3. The van der Waals surface area contributed by atoms with Gasteiger partial charge in [-0.1, -0.05) is 6.07 Å². The zero-order valence-electron chi connectivity index (χ0n) is 15.0. The predicted octanol–water partition coefficient (Wildman–Crippen LogP) is 2.61. The van der Waals surface area contributed by atoms with Gasteiger partial charge in [-0.05, 0) is 49.6 Å². The number of aliphatic hydroxyl groups excluding tert-OH is 1. The number of nitrogens with one attached hydrogen (secondary N) is 1. The van der Waals surface area contributed by atoms with Gasteiger partial charge < -0.3 is 15.3 Å². The molecule has 1 unspecified atom stereocenters. The van der Waals surface area contributed by atoms with Gasteiger partial charge in [0, 0.05) is 30.7 Å². The number of pyridine rings is 1. The van der Waals surface area contributed by atoms with Crippen molar-refractivity contribution in [3.63, 3.8) is 0 Å². The molecule has 28 heavy (non-hydrogen) atoms. The molecule has 0 saturated carbocycles. The van der Waals surface area contributed by atoms with Crippen molar-refractivity contribution in [1.29, 1.82) is 0 Å². The fourth-order valence-electron chi connectivity index (χ4n) is 3.84. The topological polar surface area (TPSA) is 74.2 Å². The Kier molecular flexibility index (Phi) is 5.03. The monoisotopic (exact) mass is 391 g/mol. The maximum Gasteiger partial charge on any atom is 0.433 e. The molecule has 0 aliphatic carbocycles. The van der Waals surface area contributed by atoms with Gasteiger partial charge in [-0.15, -0.1) is 0 Å². The molecule has 0 bridgehead atoms. The van der Waals surface area contributed by atoms with Gasteiger partial charge in [-0.25, -0.2) is 4.98 Å². The number of halogens is 3. The first-order chi connectivity index (χ1) is 13.4. The third-order valence-electron chi connectivity index (χ3n) is 5.19. The Bertz CT molecular complexity index is 880. The summed E-state index contributed by atoms with van der Waals surface area (Å²) in [6.45, 7) is 1.50. The molecule has 0 radical (unpaired) electrons. The van der Waals surface area contributed by atoms with Crippen molar-refractivity contribution in [3.8, 4) is 0 Å². The molecule has 0 aromatic carbocycles. The lowest BCUT2D eigenvalue weighted by molar-refractivity contribution is -0.141. The maximum atomic E-state index is 13.4. The van der Waals surface area contributed by atoms with Crippen molar-refractivity contribution in [1.82, 2.24) is 20.3 Å². The van der Waals surface area contributed by atoms with Gasteiger partial charge in [0.1, 0.15) is 11.4 Å². The van der Waals surface area contributed by atoms with E-state index in [4.69, 9.17) is 0 Å². The van der Waals surface area contributed by atoms with E-state index in [1.54, 1.807) is 0 Å². The summed E-state index contributed by atoms with van der Waals surface area (Å²) in [5.74, 6) is 0.509. The molecule has 2 aromatic heterocycles. The average molecular weight is 391 g/mol. The van der Waals surface area contributed by atoms with E-state index < -0.39 is 18.1 Å². The molecule has 1 atom stereocenters. The molecular formula is C19H20F3N5O. The Morgan fingerprint density at radius 3 is 2.61 bits per heavy atom. The van der Waals surface area contributed by atoms with Crippen LogP contribution in [0.15, 0.2) is 36.3 Å². The van der Waals surface area contributed by atoms with Gasteiger partial charge in [-0.3, -0.25) is 9.97 Å². The Balaban J connectivity index is 1.72. The van der Waals surface area contributed by atoms with Crippen LogP contribution in [0.4, 0.5) is 19.0 Å². The zero-order valence-corrected chi connectivity index (χ0v) is 15.0. The van der Waals surface area contributed by atoms with Crippen LogP contribution in [0.1, 0.15) is 29.8 Å².